The van der Waals surface area contributed by atoms with Gasteiger partial charge in [0.2, 0.25) is 18.9 Å². The number of phosphoric ester groups is 1. The Morgan fingerprint density at radius 2 is 0.686 bits per heavy atom. The Morgan fingerprint density at radius 3 is 0.857 bits per heavy atom. The summed E-state index contributed by atoms with van der Waals surface area (Å²) in [5.41, 5.74) is 3.21. The third-order valence-electron chi connectivity index (χ3n) is 4.82. The summed E-state index contributed by atoms with van der Waals surface area (Å²) in [5, 5.41) is 0. The first-order valence-electron chi connectivity index (χ1n) is 11.1. The summed E-state index contributed by atoms with van der Waals surface area (Å²) in [4.78, 5) is 36.6. The number of rotatable bonds is 12. The van der Waals surface area contributed by atoms with Gasteiger partial charge in [-0.1, -0.05) is 16.7 Å². The second kappa shape index (κ2) is 14.3. The SMILES string of the molecule is CC(C)=C(C)C(=O)OC(C)OP(=O)(OC(C)OC(=O)C(C)=C(C)C)OC(C)OC(=O)C(C)=C(C)C. The van der Waals surface area contributed by atoms with Crippen molar-refractivity contribution in [2.75, 3.05) is 0 Å². The molecule has 3 atom stereocenters. The Bertz CT molecular complexity index is 813. The van der Waals surface area contributed by atoms with Crippen molar-refractivity contribution in [2.24, 2.45) is 0 Å². The van der Waals surface area contributed by atoms with Crippen LogP contribution in [-0.2, 0) is 46.7 Å². The van der Waals surface area contributed by atoms with E-state index in [1.165, 1.54) is 20.8 Å². The van der Waals surface area contributed by atoms with Gasteiger partial charge in [-0.05, 0) is 83.1 Å². The predicted molar refractivity (Wildman–Crippen MR) is 130 cm³/mol. The molecule has 0 aromatic rings. The van der Waals surface area contributed by atoms with Crippen LogP contribution in [-0.4, -0.2) is 36.8 Å². The summed E-state index contributed by atoms with van der Waals surface area (Å²) < 4.78 is 44.8. The van der Waals surface area contributed by atoms with E-state index >= 15 is 0 Å². The molecule has 0 aliphatic rings. The second-order valence-corrected chi connectivity index (χ2v) is 10.1. The first kappa shape index (κ1) is 32.7. The van der Waals surface area contributed by atoms with E-state index in [0.29, 0.717) is 16.7 Å². The molecule has 0 amide bonds. The van der Waals surface area contributed by atoms with Crippen LogP contribution in [0.3, 0.4) is 0 Å². The van der Waals surface area contributed by atoms with Gasteiger partial charge >= 0.3 is 25.7 Å². The Balaban J connectivity index is 5.71. The zero-order valence-corrected chi connectivity index (χ0v) is 23.7. The van der Waals surface area contributed by atoms with Crippen molar-refractivity contribution in [2.45, 2.75) is 102 Å². The lowest BCUT2D eigenvalue weighted by Crippen LogP contribution is -2.25. The van der Waals surface area contributed by atoms with Crippen LogP contribution in [0.2, 0.25) is 0 Å². The fraction of sp³-hybridized carbons (Fsp3) is 0.625. The van der Waals surface area contributed by atoms with E-state index in [4.69, 9.17) is 27.8 Å². The Morgan fingerprint density at radius 1 is 0.486 bits per heavy atom. The van der Waals surface area contributed by atoms with Gasteiger partial charge in [0.05, 0.1) is 0 Å². The van der Waals surface area contributed by atoms with Gasteiger partial charge in [0.15, 0.2) is 0 Å². The number of phosphoric acid groups is 1. The minimum atomic E-state index is -4.60. The average molecular weight is 519 g/mol. The molecule has 0 spiro atoms. The lowest BCUT2D eigenvalue weighted by atomic mass is 10.2. The van der Waals surface area contributed by atoms with Crippen LogP contribution in [0.25, 0.3) is 0 Å². The zero-order valence-electron chi connectivity index (χ0n) is 22.8. The minimum absolute atomic E-state index is 0.344. The molecule has 0 bridgehead atoms. The number of esters is 3. The Hall–Kier alpha value is -2.26. The van der Waals surface area contributed by atoms with E-state index in [1.807, 2.05) is 0 Å². The predicted octanol–water partition coefficient (Wildman–Crippen LogP) is 5.88. The molecule has 0 aromatic heterocycles. The van der Waals surface area contributed by atoms with Crippen LogP contribution in [0.15, 0.2) is 33.4 Å². The van der Waals surface area contributed by atoms with Crippen LogP contribution < -0.4 is 0 Å². The van der Waals surface area contributed by atoms with Crippen molar-refractivity contribution in [3.63, 3.8) is 0 Å². The van der Waals surface area contributed by atoms with Crippen molar-refractivity contribution >= 4 is 25.7 Å². The number of hydrogen-bond donors (Lipinski definition) is 0. The van der Waals surface area contributed by atoms with Crippen molar-refractivity contribution < 1.29 is 46.7 Å². The first-order chi connectivity index (χ1) is 15.9. The van der Waals surface area contributed by atoms with E-state index in [0.717, 1.165) is 16.7 Å². The maximum absolute atomic E-state index is 13.4. The summed E-state index contributed by atoms with van der Waals surface area (Å²) >= 11 is 0. The highest BCUT2D eigenvalue weighted by Crippen LogP contribution is 2.53. The van der Waals surface area contributed by atoms with Crippen molar-refractivity contribution in [3.05, 3.63) is 33.4 Å². The molecule has 0 aliphatic carbocycles. The molecule has 200 valence electrons. The maximum atomic E-state index is 13.4. The summed E-state index contributed by atoms with van der Waals surface area (Å²) in [6.07, 6.45) is -4.15. The Labute approximate surface area is 208 Å². The average Bonchev–Trinajstić information content (AvgIpc) is 2.70. The molecule has 0 N–H and O–H groups in total. The van der Waals surface area contributed by atoms with Gasteiger partial charge in [-0.25, -0.2) is 32.5 Å². The monoisotopic (exact) mass is 518 g/mol. The number of ether oxygens (including phenoxy) is 3. The van der Waals surface area contributed by atoms with Crippen LogP contribution in [0.1, 0.15) is 83.1 Å². The smallest absolute Gasteiger partial charge is 0.432 e. The standard InChI is InChI=1S/C24H39O10P/c1-13(2)16(7)22(25)29-19(10)32-35(28,33-20(11)30-23(26)17(8)14(3)4)34-21(12)31-24(27)18(9)15(5)6/h19-21H,1-12H3. The fourth-order valence-electron chi connectivity index (χ4n) is 2.01. The summed E-state index contributed by atoms with van der Waals surface area (Å²) in [6.45, 7) is 19.0. The van der Waals surface area contributed by atoms with Gasteiger partial charge in [0, 0.05) is 16.7 Å². The third-order valence-corrected chi connectivity index (χ3v) is 6.49. The van der Waals surface area contributed by atoms with Gasteiger partial charge in [-0.15, -0.1) is 0 Å². The van der Waals surface area contributed by atoms with Crippen molar-refractivity contribution in [3.8, 4) is 0 Å². The van der Waals surface area contributed by atoms with Crippen molar-refractivity contribution in [1.29, 1.82) is 0 Å². The summed E-state index contributed by atoms with van der Waals surface area (Å²) in [6, 6.07) is 0. The lowest BCUT2D eigenvalue weighted by molar-refractivity contribution is -0.174. The number of carbonyl (C=O) groups excluding carboxylic acids is 3. The van der Waals surface area contributed by atoms with Crippen molar-refractivity contribution in [1.82, 2.24) is 0 Å². The van der Waals surface area contributed by atoms with E-state index in [-0.39, 0.29) is 0 Å². The number of hydrogen-bond acceptors (Lipinski definition) is 10. The molecule has 11 heteroatoms. The maximum Gasteiger partial charge on any atom is 0.484 e. The molecule has 10 nitrogen and oxygen atoms in total. The molecule has 0 heterocycles. The van der Waals surface area contributed by atoms with Crippen LogP contribution in [0.4, 0.5) is 0 Å². The normalized spacial score (nSPS) is 15.0. The largest absolute Gasteiger partial charge is 0.484 e. The molecular formula is C24H39O10P. The lowest BCUT2D eigenvalue weighted by Gasteiger charge is -2.26. The molecule has 35 heavy (non-hydrogen) atoms. The summed E-state index contributed by atoms with van der Waals surface area (Å²) in [7, 11) is -4.60. The summed E-state index contributed by atoms with van der Waals surface area (Å²) in [5.74, 6) is -2.08. The minimum Gasteiger partial charge on any atom is -0.432 e. The third kappa shape index (κ3) is 11.8. The Kier molecular flexibility index (Phi) is 13.4. The molecule has 0 aromatic carbocycles. The quantitative estimate of drug-likeness (QED) is 0.102. The molecule has 0 fully saturated rings. The zero-order chi connectivity index (χ0) is 27.7. The van der Waals surface area contributed by atoms with E-state index in [1.54, 1.807) is 62.3 Å². The highest BCUT2D eigenvalue weighted by Gasteiger charge is 2.37. The molecule has 0 radical (unpaired) electrons. The van der Waals surface area contributed by atoms with Gasteiger partial charge in [0.1, 0.15) is 0 Å². The van der Waals surface area contributed by atoms with Crippen LogP contribution in [0, 0.1) is 0 Å². The van der Waals surface area contributed by atoms with Crippen LogP contribution >= 0.6 is 7.82 Å². The number of allylic oxidation sites excluding steroid dienone is 3. The molecule has 3 unspecified atom stereocenters. The molecule has 0 saturated carbocycles. The molecule has 0 saturated heterocycles. The molecular weight excluding hydrogens is 479 g/mol. The van der Waals surface area contributed by atoms with E-state index in [9.17, 15) is 18.9 Å². The van der Waals surface area contributed by atoms with Gasteiger partial charge in [0.25, 0.3) is 0 Å². The van der Waals surface area contributed by atoms with Gasteiger partial charge < -0.3 is 14.2 Å². The van der Waals surface area contributed by atoms with Gasteiger partial charge in [-0.2, -0.15) is 0 Å². The highest BCUT2D eigenvalue weighted by atomic mass is 31.2. The molecule has 0 aliphatic heterocycles. The highest BCUT2D eigenvalue weighted by molar-refractivity contribution is 7.48. The first-order valence-corrected chi connectivity index (χ1v) is 12.6. The number of carbonyl (C=O) groups is 3. The van der Waals surface area contributed by atoms with Gasteiger partial charge in [-0.3, -0.25) is 0 Å². The molecule has 0 rings (SSSR count). The fourth-order valence-corrected chi connectivity index (χ4v) is 3.38. The van der Waals surface area contributed by atoms with E-state index in [2.05, 4.69) is 0 Å². The second-order valence-electron chi connectivity index (χ2n) is 8.56. The van der Waals surface area contributed by atoms with E-state index < -0.39 is 44.6 Å². The van der Waals surface area contributed by atoms with Crippen LogP contribution in [0.5, 0.6) is 0 Å². The topological polar surface area (TPSA) is 124 Å².